The average molecular weight is 461 g/mol. The lowest BCUT2D eigenvalue weighted by Crippen LogP contribution is -2.36. The number of methoxy groups -OCH3 is 2. The fourth-order valence-corrected chi connectivity index (χ4v) is 3.81. The van der Waals surface area contributed by atoms with Crippen molar-refractivity contribution in [3.05, 3.63) is 63.5 Å². The molecule has 1 aliphatic rings. The number of carbonyl (C=O) groups excluding carboxylic acids is 4. The molecule has 2 aromatic carbocycles. The van der Waals surface area contributed by atoms with Crippen LogP contribution in [0, 0.1) is 0 Å². The number of imide groups is 1. The van der Waals surface area contributed by atoms with Gasteiger partial charge in [-0.3, -0.25) is 19.3 Å². The van der Waals surface area contributed by atoms with Crippen LogP contribution in [0.25, 0.3) is 6.08 Å². The monoisotopic (exact) mass is 460 g/mol. The molecule has 1 N–H and O–H groups in total. The summed E-state index contributed by atoms with van der Waals surface area (Å²) in [7, 11) is 2.76. The predicted octanol–water partition coefficient (Wildman–Crippen LogP) is 3.81. The zero-order valence-corrected chi connectivity index (χ0v) is 18.1. The number of esters is 1. The lowest BCUT2D eigenvalue weighted by atomic mass is 10.1. The molecule has 0 bridgehead atoms. The van der Waals surface area contributed by atoms with Gasteiger partial charge in [-0.2, -0.15) is 0 Å². The average Bonchev–Trinajstić information content (AvgIpc) is 3.01. The lowest BCUT2D eigenvalue weighted by Gasteiger charge is -2.13. The van der Waals surface area contributed by atoms with Crippen molar-refractivity contribution in [1.82, 2.24) is 4.90 Å². The summed E-state index contributed by atoms with van der Waals surface area (Å²) in [5.41, 5.74) is 1.39. The molecule has 10 heteroatoms. The minimum absolute atomic E-state index is 0.177. The molecule has 1 heterocycles. The molecular formula is C21H17ClN2O6S. The number of rotatable bonds is 6. The minimum Gasteiger partial charge on any atom is -0.495 e. The Morgan fingerprint density at radius 1 is 1.13 bits per heavy atom. The summed E-state index contributed by atoms with van der Waals surface area (Å²) >= 11 is 6.77. The third-order valence-corrected chi connectivity index (χ3v) is 5.44. The van der Waals surface area contributed by atoms with E-state index >= 15 is 0 Å². The number of benzene rings is 2. The summed E-state index contributed by atoms with van der Waals surface area (Å²) in [6, 6.07) is 11.0. The highest BCUT2D eigenvalue weighted by molar-refractivity contribution is 8.18. The summed E-state index contributed by atoms with van der Waals surface area (Å²) < 4.78 is 9.69. The first-order chi connectivity index (χ1) is 14.8. The Morgan fingerprint density at radius 2 is 1.84 bits per heavy atom. The van der Waals surface area contributed by atoms with Crippen LogP contribution in [0.3, 0.4) is 0 Å². The number of hydrogen-bond acceptors (Lipinski definition) is 7. The molecule has 0 aromatic heterocycles. The maximum absolute atomic E-state index is 12.6. The van der Waals surface area contributed by atoms with E-state index in [-0.39, 0.29) is 4.91 Å². The van der Waals surface area contributed by atoms with Crippen LogP contribution < -0.4 is 10.1 Å². The Morgan fingerprint density at radius 3 is 2.45 bits per heavy atom. The van der Waals surface area contributed by atoms with Crippen molar-refractivity contribution in [2.24, 2.45) is 0 Å². The third-order valence-electron chi connectivity index (χ3n) is 4.24. The number of ether oxygens (including phenoxy) is 2. The molecule has 1 aliphatic heterocycles. The van der Waals surface area contributed by atoms with E-state index in [9.17, 15) is 19.2 Å². The summed E-state index contributed by atoms with van der Waals surface area (Å²) in [6.07, 6.45) is 1.52. The Labute approximate surface area is 187 Å². The fraction of sp³-hybridized carbons (Fsp3) is 0.143. The number of nitrogens with one attached hydrogen (secondary N) is 1. The molecule has 31 heavy (non-hydrogen) atoms. The minimum atomic E-state index is -0.574. The van der Waals surface area contributed by atoms with Crippen molar-refractivity contribution >= 4 is 58.1 Å². The first kappa shape index (κ1) is 22.4. The Bertz CT molecular complexity index is 1080. The van der Waals surface area contributed by atoms with Crippen molar-refractivity contribution in [2.75, 3.05) is 26.1 Å². The molecule has 8 nitrogen and oxygen atoms in total. The van der Waals surface area contributed by atoms with Crippen LogP contribution in [0.1, 0.15) is 15.9 Å². The molecule has 160 valence electrons. The summed E-state index contributed by atoms with van der Waals surface area (Å²) in [5, 5.41) is 2.35. The SMILES string of the molecule is COC(=O)c1ccc(/C=C2/SC(=O)N(CC(=O)Nc3ccc(OC)c(Cl)c3)C2=O)cc1. The first-order valence-electron chi connectivity index (χ1n) is 8.89. The Hall–Kier alpha value is -3.30. The quantitative estimate of drug-likeness (QED) is 0.516. The van der Waals surface area contributed by atoms with Gasteiger partial charge in [-0.1, -0.05) is 23.7 Å². The van der Waals surface area contributed by atoms with E-state index in [0.717, 1.165) is 16.7 Å². The van der Waals surface area contributed by atoms with Gasteiger partial charge in [-0.05, 0) is 53.7 Å². The van der Waals surface area contributed by atoms with Gasteiger partial charge in [0.15, 0.2) is 0 Å². The highest BCUT2D eigenvalue weighted by Gasteiger charge is 2.36. The van der Waals surface area contributed by atoms with E-state index in [2.05, 4.69) is 10.1 Å². The van der Waals surface area contributed by atoms with E-state index < -0.39 is 29.6 Å². The second-order valence-corrected chi connectivity index (χ2v) is 7.68. The van der Waals surface area contributed by atoms with Gasteiger partial charge in [-0.25, -0.2) is 4.79 Å². The van der Waals surface area contributed by atoms with Crippen LogP contribution >= 0.6 is 23.4 Å². The zero-order chi connectivity index (χ0) is 22.5. The van der Waals surface area contributed by atoms with Gasteiger partial charge < -0.3 is 14.8 Å². The van der Waals surface area contributed by atoms with Crippen molar-refractivity contribution in [3.8, 4) is 5.75 Å². The molecule has 0 unspecified atom stereocenters. The van der Waals surface area contributed by atoms with Crippen LogP contribution in [0.15, 0.2) is 47.4 Å². The number of anilines is 1. The van der Waals surface area contributed by atoms with E-state index in [0.29, 0.717) is 27.6 Å². The van der Waals surface area contributed by atoms with E-state index in [4.69, 9.17) is 16.3 Å². The summed E-state index contributed by atoms with van der Waals surface area (Å²) in [5.74, 6) is -1.14. The number of thioether (sulfide) groups is 1. The highest BCUT2D eigenvalue weighted by atomic mass is 35.5. The van der Waals surface area contributed by atoms with Crippen LogP contribution in [0.4, 0.5) is 10.5 Å². The molecule has 3 rings (SSSR count). The topological polar surface area (TPSA) is 102 Å². The molecular weight excluding hydrogens is 444 g/mol. The van der Waals surface area contributed by atoms with Gasteiger partial charge in [0.25, 0.3) is 11.1 Å². The van der Waals surface area contributed by atoms with E-state index in [1.54, 1.807) is 36.4 Å². The van der Waals surface area contributed by atoms with E-state index in [1.165, 1.54) is 26.4 Å². The van der Waals surface area contributed by atoms with Gasteiger partial charge in [0.05, 0.1) is 29.7 Å². The molecule has 2 aromatic rings. The van der Waals surface area contributed by atoms with Gasteiger partial charge in [0.2, 0.25) is 5.91 Å². The van der Waals surface area contributed by atoms with Crippen LogP contribution in [0.2, 0.25) is 5.02 Å². The highest BCUT2D eigenvalue weighted by Crippen LogP contribution is 2.32. The second kappa shape index (κ2) is 9.67. The maximum atomic E-state index is 12.6. The fourth-order valence-electron chi connectivity index (χ4n) is 2.71. The summed E-state index contributed by atoms with van der Waals surface area (Å²) in [6.45, 7) is -0.438. The molecule has 0 aliphatic carbocycles. The third kappa shape index (κ3) is 5.25. The van der Waals surface area contributed by atoms with Gasteiger partial charge in [-0.15, -0.1) is 0 Å². The predicted molar refractivity (Wildman–Crippen MR) is 117 cm³/mol. The first-order valence-corrected chi connectivity index (χ1v) is 10.1. The lowest BCUT2D eigenvalue weighted by molar-refractivity contribution is -0.127. The van der Waals surface area contributed by atoms with E-state index in [1.807, 2.05) is 0 Å². The smallest absolute Gasteiger partial charge is 0.337 e. The molecule has 1 saturated heterocycles. The molecule has 0 spiro atoms. The number of carbonyl (C=O) groups is 4. The van der Waals surface area contributed by atoms with Crippen molar-refractivity contribution in [2.45, 2.75) is 0 Å². The van der Waals surface area contributed by atoms with Crippen molar-refractivity contribution < 1.29 is 28.7 Å². The number of hydrogen-bond donors (Lipinski definition) is 1. The van der Waals surface area contributed by atoms with Gasteiger partial charge >= 0.3 is 5.97 Å². The number of nitrogens with zero attached hydrogens (tertiary/aromatic N) is 1. The standard InChI is InChI=1S/C21H17ClN2O6S/c1-29-16-8-7-14(10-15(16)22)23-18(25)11-24-19(26)17(31-21(24)28)9-12-3-5-13(6-4-12)20(27)30-2/h3-10H,11H2,1-2H3,(H,23,25)/b17-9+. The molecule has 0 radical (unpaired) electrons. The van der Waals surface area contributed by atoms with Crippen molar-refractivity contribution in [3.63, 3.8) is 0 Å². The number of amides is 3. The summed E-state index contributed by atoms with van der Waals surface area (Å²) in [4.78, 5) is 49.7. The Kier molecular flexibility index (Phi) is 6.98. The molecule has 3 amide bonds. The maximum Gasteiger partial charge on any atom is 0.337 e. The zero-order valence-electron chi connectivity index (χ0n) is 16.5. The van der Waals surface area contributed by atoms with Crippen LogP contribution in [-0.2, 0) is 14.3 Å². The Balaban J connectivity index is 1.67. The normalized spacial score (nSPS) is 14.7. The molecule has 1 fully saturated rings. The van der Waals surface area contributed by atoms with Gasteiger partial charge in [0, 0.05) is 5.69 Å². The van der Waals surface area contributed by atoms with Crippen LogP contribution in [-0.4, -0.2) is 48.7 Å². The van der Waals surface area contributed by atoms with Crippen molar-refractivity contribution in [1.29, 1.82) is 0 Å². The van der Waals surface area contributed by atoms with Crippen LogP contribution in [0.5, 0.6) is 5.75 Å². The molecule has 0 atom stereocenters. The largest absolute Gasteiger partial charge is 0.495 e. The number of halogens is 1. The molecule has 0 saturated carbocycles. The second-order valence-electron chi connectivity index (χ2n) is 6.28. The van der Waals surface area contributed by atoms with Gasteiger partial charge in [0.1, 0.15) is 12.3 Å².